The molecule has 0 aromatic carbocycles. The third kappa shape index (κ3) is 1.69. The number of nitrogens with two attached hydrogens (primary N) is 1. The van der Waals surface area contributed by atoms with Crippen molar-refractivity contribution in [2.45, 2.75) is 43.4 Å². The molecule has 2 N–H and O–H groups in total. The maximum absolute atomic E-state index is 12.1. The van der Waals surface area contributed by atoms with E-state index >= 15 is 0 Å². The predicted molar refractivity (Wildman–Crippen MR) is 62.3 cm³/mol. The Labute approximate surface area is 97.2 Å². The van der Waals surface area contributed by atoms with Gasteiger partial charge in [-0.15, -0.1) is 0 Å². The molecule has 3 atom stereocenters. The average molecular weight is 244 g/mol. The quantitative estimate of drug-likeness (QED) is 0.771. The Balaban J connectivity index is 1.76. The highest BCUT2D eigenvalue weighted by Crippen LogP contribution is 2.40. The second-order valence-electron chi connectivity index (χ2n) is 5.58. The van der Waals surface area contributed by atoms with Gasteiger partial charge in [0.25, 0.3) is 0 Å². The summed E-state index contributed by atoms with van der Waals surface area (Å²) in [6, 6.07) is 0.221. The highest BCUT2D eigenvalue weighted by atomic mass is 32.2. The molecule has 2 aliphatic carbocycles. The molecule has 3 aliphatic rings. The summed E-state index contributed by atoms with van der Waals surface area (Å²) < 4.78 is 26.0. The summed E-state index contributed by atoms with van der Waals surface area (Å²) in [4.78, 5) is 0. The van der Waals surface area contributed by atoms with Crippen molar-refractivity contribution in [1.82, 2.24) is 4.31 Å². The molecular weight excluding hydrogens is 224 g/mol. The fourth-order valence-electron chi connectivity index (χ4n) is 3.26. The molecule has 1 aliphatic heterocycles. The van der Waals surface area contributed by atoms with Crippen molar-refractivity contribution in [2.75, 3.05) is 13.1 Å². The molecule has 0 aromatic heterocycles. The van der Waals surface area contributed by atoms with Gasteiger partial charge in [0.15, 0.2) is 0 Å². The summed E-state index contributed by atoms with van der Waals surface area (Å²) in [7, 11) is -2.97. The first kappa shape index (κ1) is 11.0. The van der Waals surface area contributed by atoms with E-state index in [9.17, 15) is 8.42 Å². The van der Waals surface area contributed by atoms with Crippen LogP contribution in [0.2, 0.25) is 0 Å². The average Bonchev–Trinajstić information content (AvgIpc) is 2.99. The molecule has 3 unspecified atom stereocenters. The lowest BCUT2D eigenvalue weighted by Crippen LogP contribution is -2.38. The summed E-state index contributed by atoms with van der Waals surface area (Å²) >= 11 is 0. The number of rotatable bonds is 2. The molecule has 5 heteroatoms. The van der Waals surface area contributed by atoms with Crippen LogP contribution in [-0.4, -0.2) is 37.1 Å². The van der Waals surface area contributed by atoms with Crippen molar-refractivity contribution in [3.05, 3.63) is 0 Å². The van der Waals surface area contributed by atoms with Crippen LogP contribution in [0.15, 0.2) is 0 Å². The van der Waals surface area contributed by atoms with Crippen LogP contribution in [0.5, 0.6) is 0 Å². The van der Waals surface area contributed by atoms with E-state index in [1.807, 2.05) is 0 Å². The lowest BCUT2D eigenvalue weighted by molar-refractivity contribution is 0.260. The molecule has 0 radical (unpaired) electrons. The van der Waals surface area contributed by atoms with Crippen LogP contribution in [0.25, 0.3) is 0 Å². The number of fused-ring (bicyclic) bond motifs is 1. The summed E-state index contributed by atoms with van der Waals surface area (Å²) in [5.74, 6) is 0.944. The summed E-state index contributed by atoms with van der Waals surface area (Å²) in [6.07, 6.45) is 5.12. The second kappa shape index (κ2) is 3.68. The van der Waals surface area contributed by atoms with E-state index in [1.54, 1.807) is 4.31 Å². The van der Waals surface area contributed by atoms with E-state index < -0.39 is 10.0 Å². The Bertz CT molecular complexity index is 377. The van der Waals surface area contributed by atoms with Crippen LogP contribution in [0.1, 0.15) is 32.1 Å². The standard InChI is InChI=1S/C11H20N2O2S/c12-11-3-1-2-8-6-13(7-10(8)11)16(14,15)9-4-5-9/h8-11H,1-7,12H2. The number of hydrogen-bond donors (Lipinski definition) is 1. The van der Waals surface area contributed by atoms with Gasteiger partial charge < -0.3 is 5.73 Å². The zero-order chi connectivity index (χ0) is 11.3. The smallest absolute Gasteiger partial charge is 0.217 e. The number of nitrogens with zero attached hydrogens (tertiary/aromatic N) is 1. The third-order valence-electron chi connectivity index (χ3n) is 4.43. The first-order valence-corrected chi connectivity index (χ1v) is 7.84. The van der Waals surface area contributed by atoms with E-state index in [2.05, 4.69) is 0 Å². The van der Waals surface area contributed by atoms with E-state index in [4.69, 9.17) is 5.73 Å². The highest BCUT2D eigenvalue weighted by molar-refractivity contribution is 7.90. The lowest BCUT2D eigenvalue weighted by atomic mass is 9.78. The van der Waals surface area contributed by atoms with Gasteiger partial charge in [-0.1, -0.05) is 6.42 Å². The number of hydrogen-bond acceptors (Lipinski definition) is 3. The molecule has 2 saturated carbocycles. The predicted octanol–water partition coefficient (Wildman–Crippen LogP) is 0.538. The molecule has 0 spiro atoms. The van der Waals surface area contributed by atoms with Gasteiger partial charge in [-0.05, 0) is 37.5 Å². The first-order valence-electron chi connectivity index (χ1n) is 6.33. The molecule has 0 bridgehead atoms. The normalized spacial score (nSPS) is 40.9. The minimum atomic E-state index is -2.97. The Kier molecular flexibility index (Phi) is 2.53. The maximum atomic E-state index is 12.1. The Morgan fingerprint density at radius 3 is 2.44 bits per heavy atom. The molecule has 3 rings (SSSR count). The molecule has 0 amide bonds. The SMILES string of the molecule is NC1CCCC2CN(S(=O)(=O)C3CC3)CC12. The van der Waals surface area contributed by atoms with Crippen molar-refractivity contribution >= 4 is 10.0 Å². The van der Waals surface area contributed by atoms with Gasteiger partial charge in [-0.3, -0.25) is 0 Å². The summed E-state index contributed by atoms with van der Waals surface area (Å²) in [6.45, 7) is 1.42. The van der Waals surface area contributed by atoms with Crippen molar-refractivity contribution in [1.29, 1.82) is 0 Å². The first-order chi connectivity index (χ1) is 7.59. The molecule has 3 fully saturated rings. The van der Waals surface area contributed by atoms with Gasteiger partial charge in [0.1, 0.15) is 0 Å². The fraction of sp³-hybridized carbons (Fsp3) is 1.00. The highest BCUT2D eigenvalue weighted by Gasteiger charge is 2.47. The second-order valence-corrected chi connectivity index (χ2v) is 7.79. The van der Waals surface area contributed by atoms with E-state index in [1.165, 1.54) is 6.42 Å². The molecule has 92 valence electrons. The van der Waals surface area contributed by atoms with Gasteiger partial charge in [0.05, 0.1) is 5.25 Å². The van der Waals surface area contributed by atoms with Crippen molar-refractivity contribution in [3.63, 3.8) is 0 Å². The molecule has 1 heterocycles. The summed E-state index contributed by atoms with van der Waals surface area (Å²) in [5.41, 5.74) is 6.10. The van der Waals surface area contributed by atoms with Gasteiger partial charge in [-0.2, -0.15) is 0 Å². The third-order valence-corrected chi connectivity index (χ3v) is 6.76. The Hall–Kier alpha value is -0.130. The maximum Gasteiger partial charge on any atom is 0.217 e. The zero-order valence-corrected chi connectivity index (χ0v) is 10.3. The minimum absolute atomic E-state index is 0.0659. The minimum Gasteiger partial charge on any atom is -0.327 e. The van der Waals surface area contributed by atoms with Gasteiger partial charge in [0, 0.05) is 19.1 Å². The van der Waals surface area contributed by atoms with Crippen molar-refractivity contribution in [3.8, 4) is 0 Å². The van der Waals surface area contributed by atoms with Crippen LogP contribution in [-0.2, 0) is 10.0 Å². The van der Waals surface area contributed by atoms with Gasteiger partial charge in [0.2, 0.25) is 10.0 Å². The molecule has 0 aromatic rings. The van der Waals surface area contributed by atoms with Gasteiger partial charge >= 0.3 is 0 Å². The largest absolute Gasteiger partial charge is 0.327 e. The zero-order valence-electron chi connectivity index (χ0n) is 9.51. The molecule has 16 heavy (non-hydrogen) atoms. The lowest BCUT2D eigenvalue weighted by Gasteiger charge is -2.29. The van der Waals surface area contributed by atoms with Crippen LogP contribution in [0.3, 0.4) is 0 Å². The molecular formula is C11H20N2O2S. The summed E-state index contributed by atoms with van der Waals surface area (Å²) in [5, 5.41) is -0.0659. The van der Waals surface area contributed by atoms with Crippen molar-refractivity contribution < 1.29 is 8.42 Å². The van der Waals surface area contributed by atoms with Crippen LogP contribution in [0, 0.1) is 11.8 Å². The van der Waals surface area contributed by atoms with Gasteiger partial charge in [-0.25, -0.2) is 12.7 Å². The van der Waals surface area contributed by atoms with Crippen molar-refractivity contribution in [2.24, 2.45) is 17.6 Å². The monoisotopic (exact) mass is 244 g/mol. The Morgan fingerprint density at radius 2 is 1.81 bits per heavy atom. The molecule has 1 saturated heterocycles. The van der Waals surface area contributed by atoms with E-state index in [-0.39, 0.29) is 11.3 Å². The van der Waals surface area contributed by atoms with E-state index in [0.29, 0.717) is 18.4 Å². The Morgan fingerprint density at radius 1 is 1.06 bits per heavy atom. The van der Waals surface area contributed by atoms with Crippen LogP contribution < -0.4 is 5.73 Å². The topological polar surface area (TPSA) is 63.4 Å². The van der Waals surface area contributed by atoms with Crippen LogP contribution >= 0.6 is 0 Å². The fourth-order valence-corrected chi connectivity index (χ4v) is 5.19. The van der Waals surface area contributed by atoms with E-state index in [0.717, 1.165) is 32.2 Å². The molecule has 4 nitrogen and oxygen atoms in total. The number of sulfonamides is 1. The van der Waals surface area contributed by atoms with Crippen LogP contribution in [0.4, 0.5) is 0 Å².